The largest absolute Gasteiger partial charge is 0.383 e. The molecule has 0 amide bonds. The summed E-state index contributed by atoms with van der Waals surface area (Å²) in [5.41, 5.74) is 8.13. The Kier molecular flexibility index (Phi) is 2.15. The summed E-state index contributed by atoms with van der Waals surface area (Å²) in [6, 6.07) is 0. The molecule has 1 unspecified atom stereocenters. The Labute approximate surface area is 84.2 Å². The fraction of sp³-hybridized carbons (Fsp3) is 0.600. The van der Waals surface area contributed by atoms with Crippen LogP contribution in [0.25, 0.3) is 0 Å². The van der Waals surface area contributed by atoms with Crippen molar-refractivity contribution < 1.29 is 0 Å². The first kappa shape index (κ1) is 9.40. The highest BCUT2D eigenvalue weighted by molar-refractivity contribution is 5.44. The van der Waals surface area contributed by atoms with E-state index in [1.54, 1.807) is 0 Å². The number of nitrogens with zero attached hydrogens (tertiary/aromatic N) is 3. The second-order valence-corrected chi connectivity index (χ2v) is 4.12. The zero-order chi connectivity index (χ0) is 10.3. The summed E-state index contributed by atoms with van der Waals surface area (Å²) in [5, 5.41) is 0. The molecular weight excluding hydrogens is 176 g/mol. The zero-order valence-corrected chi connectivity index (χ0v) is 8.91. The molecule has 1 aromatic rings. The Balaban J connectivity index is 2.53. The number of hydrogen-bond acceptors (Lipinski definition) is 4. The summed E-state index contributed by atoms with van der Waals surface area (Å²) in [7, 11) is 2.10. The molecule has 1 atom stereocenters. The molecule has 4 heteroatoms. The number of anilines is 1. The van der Waals surface area contributed by atoms with E-state index < -0.39 is 0 Å². The minimum Gasteiger partial charge on any atom is -0.383 e. The average Bonchev–Trinajstić information content (AvgIpc) is 2.07. The van der Waals surface area contributed by atoms with Crippen molar-refractivity contribution in [2.75, 3.05) is 19.3 Å². The standard InChI is InChI=1S/C10H16N4/c1-6-4-14(3)5-8-9(6)12-7(2)13-10(8)11/h6H,4-5H2,1-3H3,(H2,11,12,13). The summed E-state index contributed by atoms with van der Waals surface area (Å²) in [6.45, 7) is 5.98. The fourth-order valence-corrected chi connectivity index (χ4v) is 2.10. The van der Waals surface area contributed by atoms with E-state index in [-0.39, 0.29) is 0 Å². The van der Waals surface area contributed by atoms with Crippen molar-refractivity contribution in [3.05, 3.63) is 17.1 Å². The molecule has 0 aromatic carbocycles. The van der Waals surface area contributed by atoms with Crippen molar-refractivity contribution in [3.8, 4) is 0 Å². The van der Waals surface area contributed by atoms with Crippen LogP contribution in [0.2, 0.25) is 0 Å². The van der Waals surface area contributed by atoms with Crippen LogP contribution in [0.3, 0.4) is 0 Å². The number of aromatic nitrogens is 2. The van der Waals surface area contributed by atoms with E-state index in [0.29, 0.717) is 11.7 Å². The lowest BCUT2D eigenvalue weighted by Gasteiger charge is -2.29. The van der Waals surface area contributed by atoms with Crippen LogP contribution in [0.1, 0.15) is 29.9 Å². The van der Waals surface area contributed by atoms with E-state index in [9.17, 15) is 0 Å². The number of nitrogens with two attached hydrogens (primary N) is 1. The van der Waals surface area contributed by atoms with E-state index in [2.05, 4.69) is 28.8 Å². The fourth-order valence-electron chi connectivity index (χ4n) is 2.10. The normalized spacial score (nSPS) is 22.1. The monoisotopic (exact) mass is 192 g/mol. The maximum atomic E-state index is 5.89. The molecule has 14 heavy (non-hydrogen) atoms. The molecule has 0 radical (unpaired) electrons. The maximum absolute atomic E-state index is 5.89. The maximum Gasteiger partial charge on any atom is 0.131 e. The quantitative estimate of drug-likeness (QED) is 0.664. The lowest BCUT2D eigenvalue weighted by Crippen LogP contribution is -2.31. The molecule has 0 bridgehead atoms. The van der Waals surface area contributed by atoms with E-state index in [4.69, 9.17) is 5.73 Å². The Bertz CT molecular complexity index is 361. The summed E-state index contributed by atoms with van der Waals surface area (Å²) in [6.07, 6.45) is 0. The first-order valence-corrected chi connectivity index (χ1v) is 4.89. The van der Waals surface area contributed by atoms with Gasteiger partial charge >= 0.3 is 0 Å². The van der Waals surface area contributed by atoms with E-state index in [1.165, 1.54) is 0 Å². The molecule has 1 aliphatic rings. The third-order valence-electron chi connectivity index (χ3n) is 2.66. The molecule has 0 aliphatic carbocycles. The second-order valence-electron chi connectivity index (χ2n) is 4.12. The van der Waals surface area contributed by atoms with Crippen molar-refractivity contribution in [1.82, 2.24) is 14.9 Å². The number of rotatable bonds is 0. The topological polar surface area (TPSA) is 55.0 Å². The van der Waals surface area contributed by atoms with Gasteiger partial charge in [-0.2, -0.15) is 0 Å². The molecule has 2 heterocycles. The van der Waals surface area contributed by atoms with Crippen LogP contribution in [0, 0.1) is 6.92 Å². The van der Waals surface area contributed by atoms with Crippen LogP contribution >= 0.6 is 0 Å². The van der Waals surface area contributed by atoms with Gasteiger partial charge in [0.15, 0.2) is 0 Å². The van der Waals surface area contributed by atoms with Crippen molar-refractivity contribution in [1.29, 1.82) is 0 Å². The van der Waals surface area contributed by atoms with E-state index in [0.717, 1.165) is 30.2 Å². The van der Waals surface area contributed by atoms with Crippen molar-refractivity contribution in [2.45, 2.75) is 26.3 Å². The molecule has 0 spiro atoms. The van der Waals surface area contributed by atoms with Crippen molar-refractivity contribution in [3.63, 3.8) is 0 Å². The lowest BCUT2D eigenvalue weighted by molar-refractivity contribution is 0.284. The predicted octanol–water partition coefficient (Wildman–Crippen LogP) is 0.916. The first-order valence-electron chi connectivity index (χ1n) is 4.89. The molecule has 0 fully saturated rings. The van der Waals surface area contributed by atoms with Gasteiger partial charge in [-0.15, -0.1) is 0 Å². The molecule has 4 nitrogen and oxygen atoms in total. The third kappa shape index (κ3) is 1.46. The van der Waals surface area contributed by atoms with Crippen LogP contribution in [0.15, 0.2) is 0 Å². The minimum atomic E-state index is 0.452. The average molecular weight is 192 g/mol. The first-order chi connectivity index (χ1) is 6.58. The summed E-state index contributed by atoms with van der Waals surface area (Å²) >= 11 is 0. The molecule has 2 rings (SSSR count). The Morgan fingerprint density at radius 3 is 2.86 bits per heavy atom. The molecule has 1 aliphatic heterocycles. The number of aryl methyl sites for hydroxylation is 1. The van der Waals surface area contributed by atoms with Crippen LogP contribution in [0.5, 0.6) is 0 Å². The van der Waals surface area contributed by atoms with Crippen LogP contribution in [0.4, 0.5) is 5.82 Å². The van der Waals surface area contributed by atoms with Gasteiger partial charge in [0.2, 0.25) is 0 Å². The third-order valence-corrected chi connectivity index (χ3v) is 2.66. The SMILES string of the molecule is Cc1nc(N)c2c(n1)C(C)CN(C)C2. The predicted molar refractivity (Wildman–Crippen MR) is 55.9 cm³/mol. The second kappa shape index (κ2) is 3.20. The molecule has 2 N–H and O–H groups in total. The lowest BCUT2D eigenvalue weighted by atomic mass is 9.97. The van der Waals surface area contributed by atoms with Crippen LogP contribution in [-0.4, -0.2) is 28.5 Å². The highest BCUT2D eigenvalue weighted by Crippen LogP contribution is 2.28. The molecule has 0 saturated carbocycles. The number of nitrogen functional groups attached to an aromatic ring is 1. The van der Waals surface area contributed by atoms with Gasteiger partial charge in [0, 0.05) is 24.6 Å². The van der Waals surface area contributed by atoms with Crippen LogP contribution in [-0.2, 0) is 6.54 Å². The smallest absolute Gasteiger partial charge is 0.131 e. The molecule has 76 valence electrons. The van der Waals surface area contributed by atoms with E-state index in [1.807, 2.05) is 6.92 Å². The number of likely N-dealkylation sites (N-methyl/N-ethyl adjacent to an activating group) is 1. The summed E-state index contributed by atoms with van der Waals surface area (Å²) in [4.78, 5) is 10.9. The van der Waals surface area contributed by atoms with Crippen molar-refractivity contribution >= 4 is 5.82 Å². The van der Waals surface area contributed by atoms with Gasteiger partial charge in [0.25, 0.3) is 0 Å². The highest BCUT2D eigenvalue weighted by Gasteiger charge is 2.23. The van der Waals surface area contributed by atoms with Gasteiger partial charge in [0.1, 0.15) is 11.6 Å². The molecule has 1 aromatic heterocycles. The van der Waals surface area contributed by atoms with Gasteiger partial charge in [-0.05, 0) is 14.0 Å². The van der Waals surface area contributed by atoms with E-state index >= 15 is 0 Å². The Hall–Kier alpha value is -1.16. The Morgan fingerprint density at radius 1 is 1.43 bits per heavy atom. The summed E-state index contributed by atoms with van der Waals surface area (Å²) in [5.74, 6) is 1.87. The van der Waals surface area contributed by atoms with Gasteiger partial charge in [-0.25, -0.2) is 9.97 Å². The van der Waals surface area contributed by atoms with Gasteiger partial charge in [0.05, 0.1) is 5.69 Å². The highest BCUT2D eigenvalue weighted by atomic mass is 15.1. The minimum absolute atomic E-state index is 0.452. The van der Waals surface area contributed by atoms with Gasteiger partial charge < -0.3 is 10.6 Å². The zero-order valence-electron chi connectivity index (χ0n) is 8.91. The molecular formula is C10H16N4. The van der Waals surface area contributed by atoms with Crippen LogP contribution < -0.4 is 5.73 Å². The molecule has 0 saturated heterocycles. The summed E-state index contributed by atoms with van der Waals surface area (Å²) < 4.78 is 0. The van der Waals surface area contributed by atoms with Gasteiger partial charge in [-0.1, -0.05) is 6.92 Å². The number of hydrogen-bond donors (Lipinski definition) is 1. The van der Waals surface area contributed by atoms with Gasteiger partial charge in [-0.3, -0.25) is 0 Å². The van der Waals surface area contributed by atoms with Crippen molar-refractivity contribution in [2.24, 2.45) is 0 Å². The Morgan fingerprint density at radius 2 is 2.14 bits per heavy atom. The number of fused-ring (bicyclic) bond motifs is 1.